The second-order valence-electron chi connectivity index (χ2n) is 15.4. The average Bonchev–Trinajstić information content (AvgIpc) is 3.17. The maximum atomic E-state index is 12.4. The lowest BCUT2D eigenvalue weighted by Gasteiger charge is -2.46. The Morgan fingerprint density at radius 1 is 0.827 bits per heavy atom. The first kappa shape index (κ1) is 35.9. The van der Waals surface area contributed by atoms with Crippen molar-refractivity contribution >= 4 is 17.2 Å². The van der Waals surface area contributed by atoms with Crippen LogP contribution in [0.15, 0.2) is 84.9 Å². The van der Waals surface area contributed by atoms with Crippen LogP contribution in [0.3, 0.4) is 0 Å². The highest BCUT2D eigenvalue weighted by atomic mass is 16.5. The number of rotatable bonds is 10. The van der Waals surface area contributed by atoms with Crippen molar-refractivity contribution in [3.05, 3.63) is 113 Å². The standard InChI is InChI=1S/C45H55N3O4/c1-6-32-27-36(15-17-39(32)41(50)7-2)48-25-23-46(24-26-48)30-31-19-21-47(22-20-31)35-13-11-33(12-14-35)43-40-18-16-37(49)29-42(40)52-45(3,4)44(43)34-9-8-10-38(28-34)51-5/h8-18,27-29,31,43-44,49H,6-7,19-26,30H2,1-5H3. The van der Waals surface area contributed by atoms with Gasteiger partial charge in [0.15, 0.2) is 5.78 Å². The third-order valence-corrected chi connectivity index (χ3v) is 11.8. The Labute approximate surface area is 310 Å². The Morgan fingerprint density at radius 3 is 2.23 bits per heavy atom. The van der Waals surface area contributed by atoms with Gasteiger partial charge in [0.2, 0.25) is 0 Å². The maximum absolute atomic E-state index is 12.4. The number of carbonyl (C=O) groups is 1. The average molecular weight is 702 g/mol. The number of benzene rings is 4. The lowest BCUT2D eigenvalue weighted by molar-refractivity contribution is 0.0527. The predicted molar refractivity (Wildman–Crippen MR) is 211 cm³/mol. The Hall–Kier alpha value is -4.49. The largest absolute Gasteiger partial charge is 0.508 e. The van der Waals surface area contributed by atoms with E-state index in [-0.39, 0.29) is 23.4 Å². The van der Waals surface area contributed by atoms with Gasteiger partial charge in [0, 0.05) is 92.6 Å². The molecule has 2 fully saturated rings. The van der Waals surface area contributed by atoms with Gasteiger partial charge in [0.25, 0.3) is 0 Å². The van der Waals surface area contributed by atoms with Gasteiger partial charge in [-0.1, -0.05) is 44.2 Å². The molecule has 0 aromatic heterocycles. The molecule has 7 nitrogen and oxygen atoms in total. The zero-order chi connectivity index (χ0) is 36.4. The van der Waals surface area contributed by atoms with Gasteiger partial charge in [-0.15, -0.1) is 0 Å². The molecule has 2 saturated heterocycles. The molecule has 4 aromatic carbocycles. The van der Waals surface area contributed by atoms with Gasteiger partial charge in [0.1, 0.15) is 22.8 Å². The summed E-state index contributed by atoms with van der Waals surface area (Å²) >= 11 is 0. The smallest absolute Gasteiger partial charge is 0.162 e. The van der Waals surface area contributed by atoms with Crippen molar-refractivity contribution in [2.24, 2.45) is 5.92 Å². The molecule has 0 saturated carbocycles. The number of fused-ring (bicyclic) bond motifs is 1. The zero-order valence-electron chi connectivity index (χ0n) is 31.6. The molecule has 3 heterocycles. The Balaban J connectivity index is 0.987. The molecule has 2 atom stereocenters. The quantitative estimate of drug-likeness (QED) is 0.166. The number of anilines is 2. The molecule has 0 amide bonds. The van der Waals surface area contributed by atoms with Crippen LogP contribution >= 0.6 is 0 Å². The van der Waals surface area contributed by atoms with Crippen LogP contribution in [0.1, 0.15) is 91.4 Å². The number of ketones is 1. The van der Waals surface area contributed by atoms with E-state index in [9.17, 15) is 9.90 Å². The van der Waals surface area contributed by atoms with E-state index in [4.69, 9.17) is 9.47 Å². The van der Waals surface area contributed by atoms with E-state index in [1.54, 1.807) is 19.2 Å². The van der Waals surface area contributed by atoms with Crippen molar-refractivity contribution in [2.45, 2.75) is 70.8 Å². The van der Waals surface area contributed by atoms with Crippen LogP contribution < -0.4 is 19.3 Å². The Bertz CT molecular complexity index is 1860. The summed E-state index contributed by atoms with van der Waals surface area (Å²) < 4.78 is 12.2. The van der Waals surface area contributed by atoms with Crippen LogP contribution in [0.5, 0.6) is 17.2 Å². The Kier molecular flexibility index (Phi) is 10.5. The Morgan fingerprint density at radius 2 is 1.54 bits per heavy atom. The number of carbonyl (C=O) groups excluding carboxylic acids is 1. The van der Waals surface area contributed by atoms with E-state index in [2.05, 4.69) is 90.1 Å². The summed E-state index contributed by atoms with van der Waals surface area (Å²) in [6.07, 6.45) is 3.85. The number of piperidine rings is 1. The summed E-state index contributed by atoms with van der Waals surface area (Å²) in [5.74, 6) is 2.83. The summed E-state index contributed by atoms with van der Waals surface area (Å²) in [4.78, 5) is 20.1. The lowest BCUT2D eigenvalue weighted by Crippen LogP contribution is -2.49. The number of aromatic hydroxyl groups is 1. The zero-order valence-corrected chi connectivity index (χ0v) is 31.6. The summed E-state index contributed by atoms with van der Waals surface area (Å²) in [5.41, 5.74) is 7.58. The number of phenolic OH excluding ortho intramolecular Hbond substituents is 1. The van der Waals surface area contributed by atoms with E-state index in [0.717, 1.165) is 68.3 Å². The van der Waals surface area contributed by atoms with Crippen molar-refractivity contribution < 1.29 is 19.4 Å². The third kappa shape index (κ3) is 7.38. The molecule has 0 radical (unpaired) electrons. The van der Waals surface area contributed by atoms with Crippen LogP contribution in [0.4, 0.5) is 11.4 Å². The molecule has 3 aliphatic heterocycles. The maximum Gasteiger partial charge on any atom is 0.162 e. The van der Waals surface area contributed by atoms with Crippen molar-refractivity contribution in [1.29, 1.82) is 0 Å². The monoisotopic (exact) mass is 701 g/mol. The summed E-state index contributed by atoms with van der Waals surface area (Å²) in [6, 6.07) is 29.5. The van der Waals surface area contributed by atoms with Gasteiger partial charge in [0.05, 0.1) is 7.11 Å². The number of methoxy groups -OCH3 is 1. The molecule has 274 valence electrons. The minimum atomic E-state index is -0.523. The van der Waals surface area contributed by atoms with E-state index in [0.29, 0.717) is 12.3 Å². The number of aryl methyl sites for hydroxylation is 1. The molecule has 0 spiro atoms. The summed E-state index contributed by atoms with van der Waals surface area (Å²) in [5, 5.41) is 10.3. The highest BCUT2D eigenvalue weighted by molar-refractivity contribution is 5.97. The molecule has 1 N–H and O–H groups in total. The minimum absolute atomic E-state index is 0.0360. The topological polar surface area (TPSA) is 65.5 Å². The molecule has 4 aromatic rings. The van der Waals surface area contributed by atoms with Crippen molar-refractivity contribution in [3.8, 4) is 17.2 Å². The van der Waals surface area contributed by atoms with E-state index in [1.807, 2.05) is 25.1 Å². The fourth-order valence-corrected chi connectivity index (χ4v) is 8.95. The number of Topliss-reactive ketones (excluding diaryl/α,β-unsaturated/α-hetero) is 1. The van der Waals surface area contributed by atoms with Crippen molar-refractivity contribution in [2.75, 3.05) is 62.7 Å². The molecular formula is C45H55N3O4. The number of ether oxygens (including phenoxy) is 2. The SMILES string of the molecule is CCC(=O)c1ccc(N2CCN(CC3CCN(c4ccc(C5c6ccc(O)cc6OC(C)(C)C5c5cccc(OC)c5)cc4)CC3)CC2)cc1CC. The molecule has 0 bridgehead atoms. The molecular weight excluding hydrogens is 647 g/mol. The van der Waals surface area contributed by atoms with Crippen LogP contribution in [0.2, 0.25) is 0 Å². The van der Waals surface area contributed by atoms with Gasteiger partial charge in [-0.05, 0) is 104 Å². The fraction of sp³-hybridized carbons (Fsp3) is 0.444. The summed E-state index contributed by atoms with van der Waals surface area (Å²) in [6.45, 7) is 15.9. The first-order valence-corrected chi connectivity index (χ1v) is 19.3. The van der Waals surface area contributed by atoms with Gasteiger partial charge in [-0.2, -0.15) is 0 Å². The highest BCUT2D eigenvalue weighted by Crippen LogP contribution is 2.54. The molecule has 0 aliphatic carbocycles. The van der Waals surface area contributed by atoms with Crippen LogP contribution in [0.25, 0.3) is 0 Å². The van der Waals surface area contributed by atoms with Crippen LogP contribution in [-0.4, -0.2) is 74.3 Å². The number of piperazine rings is 1. The predicted octanol–water partition coefficient (Wildman–Crippen LogP) is 8.68. The fourth-order valence-electron chi connectivity index (χ4n) is 8.95. The normalized spacial score (nSPS) is 20.6. The number of hydrogen-bond acceptors (Lipinski definition) is 7. The van der Waals surface area contributed by atoms with Gasteiger partial charge in [-0.3, -0.25) is 9.69 Å². The van der Waals surface area contributed by atoms with Gasteiger partial charge >= 0.3 is 0 Å². The van der Waals surface area contributed by atoms with Crippen LogP contribution in [0, 0.1) is 5.92 Å². The molecule has 52 heavy (non-hydrogen) atoms. The molecule has 7 heteroatoms. The minimum Gasteiger partial charge on any atom is -0.508 e. The van der Waals surface area contributed by atoms with Crippen molar-refractivity contribution in [3.63, 3.8) is 0 Å². The number of hydrogen-bond donors (Lipinski definition) is 1. The van der Waals surface area contributed by atoms with E-state index in [1.165, 1.54) is 47.5 Å². The van der Waals surface area contributed by atoms with Gasteiger partial charge < -0.3 is 24.4 Å². The summed E-state index contributed by atoms with van der Waals surface area (Å²) in [7, 11) is 1.71. The molecule has 3 aliphatic rings. The van der Waals surface area contributed by atoms with E-state index >= 15 is 0 Å². The molecule has 2 unspecified atom stereocenters. The van der Waals surface area contributed by atoms with Crippen LogP contribution in [-0.2, 0) is 6.42 Å². The van der Waals surface area contributed by atoms with Crippen molar-refractivity contribution in [1.82, 2.24) is 4.90 Å². The first-order chi connectivity index (χ1) is 25.2. The highest BCUT2D eigenvalue weighted by Gasteiger charge is 2.45. The number of nitrogens with zero attached hydrogens (tertiary/aromatic N) is 3. The third-order valence-electron chi connectivity index (χ3n) is 11.8. The second-order valence-corrected chi connectivity index (χ2v) is 15.4. The molecule has 7 rings (SSSR count). The number of phenols is 1. The second kappa shape index (κ2) is 15.2. The first-order valence-electron chi connectivity index (χ1n) is 19.3. The van der Waals surface area contributed by atoms with Gasteiger partial charge in [-0.25, -0.2) is 0 Å². The van der Waals surface area contributed by atoms with E-state index < -0.39 is 5.60 Å². The lowest BCUT2D eigenvalue weighted by atomic mass is 9.68.